The molecule has 0 saturated carbocycles. The molecule has 9 rings (SSSR count). The lowest BCUT2D eigenvalue weighted by atomic mass is 10.1. The van der Waals surface area contributed by atoms with Gasteiger partial charge in [-0.15, -0.1) is 12.4 Å². The number of nitrogen functional groups attached to an aromatic ring is 1. The van der Waals surface area contributed by atoms with Crippen LogP contribution < -0.4 is 24.7 Å². The zero-order valence-corrected chi connectivity index (χ0v) is 39.9. The summed E-state index contributed by atoms with van der Waals surface area (Å²) in [5, 5.41) is 1.18. The van der Waals surface area contributed by atoms with Crippen molar-refractivity contribution in [3.05, 3.63) is 246 Å². The second kappa shape index (κ2) is 25.4. The van der Waals surface area contributed by atoms with E-state index in [0.29, 0.717) is 32.0 Å². The summed E-state index contributed by atoms with van der Waals surface area (Å²) in [6.45, 7) is 6.22. The number of aryl methyl sites for hydroxylation is 1. The van der Waals surface area contributed by atoms with Gasteiger partial charge in [-0.3, -0.25) is 4.79 Å². The summed E-state index contributed by atoms with van der Waals surface area (Å²) in [6, 6.07) is 69.6. The molecule has 9 heteroatoms. The number of aromatic nitrogens is 1. The van der Waals surface area contributed by atoms with Gasteiger partial charge in [-0.25, -0.2) is 0 Å². The number of fused-ring (bicyclic) bond motifs is 1. The Balaban J connectivity index is 0.000000180. The number of H-pyrrole nitrogens is 1. The molecule has 0 aliphatic carbocycles. The third kappa shape index (κ3) is 15.1. The van der Waals surface area contributed by atoms with E-state index in [0.717, 1.165) is 67.7 Å². The van der Waals surface area contributed by atoms with Crippen LogP contribution in [0.3, 0.4) is 0 Å². The van der Waals surface area contributed by atoms with Crippen LogP contribution in [-0.4, -0.2) is 15.6 Å². The standard InChI is InChI=1S/C29H25NO2.C16H15BrO2.C13H13NO.ClH/c1-21-27-18-26(32-20-23-10-6-3-7-11-23)16-17-28(27)30-29(21)24-12-14-25(15-13-24)31-19-22-8-4-2-5-9-22;1-12(17)16(18)14-7-9-15(10-8-14)19-11-13-5-3-2-4-6-13;14-12-6-8-13(9-7-12)15-10-11-4-2-1-3-5-11;/h2-18,30H,19-20H2,1H3;2-10,12H,11H2,1H3;1-9H,10,14H2;1H. The lowest BCUT2D eigenvalue weighted by Crippen LogP contribution is -2.09. The molecule has 7 nitrogen and oxygen atoms in total. The highest BCUT2D eigenvalue weighted by molar-refractivity contribution is 9.10. The second-order valence-electron chi connectivity index (χ2n) is 15.5. The van der Waals surface area contributed by atoms with Crippen LogP contribution >= 0.6 is 28.3 Å². The number of ether oxygens (including phenoxy) is 4. The number of ketones is 1. The smallest absolute Gasteiger partial charge is 0.176 e. The second-order valence-corrected chi connectivity index (χ2v) is 16.9. The zero-order chi connectivity index (χ0) is 45.9. The number of rotatable bonds is 15. The first-order chi connectivity index (χ1) is 32.3. The number of hydrogen-bond donors (Lipinski definition) is 2. The number of benzene rings is 8. The third-order valence-corrected chi connectivity index (χ3v) is 11.0. The van der Waals surface area contributed by atoms with Gasteiger partial charge in [0.15, 0.2) is 5.78 Å². The molecule has 0 spiro atoms. The van der Waals surface area contributed by atoms with Crippen molar-refractivity contribution in [1.82, 2.24) is 4.98 Å². The van der Waals surface area contributed by atoms with Crippen LogP contribution in [0.1, 0.15) is 45.1 Å². The van der Waals surface area contributed by atoms with E-state index < -0.39 is 0 Å². The minimum absolute atomic E-state index is 0. The summed E-state index contributed by atoms with van der Waals surface area (Å²) >= 11 is 3.28. The lowest BCUT2D eigenvalue weighted by molar-refractivity contribution is 0.0995. The summed E-state index contributed by atoms with van der Waals surface area (Å²) < 4.78 is 23.2. The molecular formula is C58H54BrClN2O5. The molecule has 1 atom stereocenters. The molecule has 1 unspecified atom stereocenters. The number of nitrogens with one attached hydrogen (secondary N) is 1. The zero-order valence-electron chi connectivity index (χ0n) is 37.5. The molecular weight excluding hydrogens is 920 g/mol. The minimum atomic E-state index is -0.163. The van der Waals surface area contributed by atoms with Crippen molar-refractivity contribution in [2.45, 2.75) is 45.1 Å². The Labute approximate surface area is 408 Å². The highest BCUT2D eigenvalue weighted by atomic mass is 79.9. The monoisotopic (exact) mass is 972 g/mol. The Morgan fingerprint density at radius 1 is 0.507 bits per heavy atom. The van der Waals surface area contributed by atoms with E-state index in [1.807, 2.05) is 159 Å². The van der Waals surface area contributed by atoms with E-state index in [9.17, 15) is 4.79 Å². The number of alkyl halides is 1. The summed E-state index contributed by atoms with van der Waals surface area (Å²) in [6.07, 6.45) is 0. The van der Waals surface area contributed by atoms with Crippen LogP contribution in [0.15, 0.2) is 212 Å². The molecule has 3 N–H and O–H groups in total. The summed E-state index contributed by atoms with van der Waals surface area (Å²) in [7, 11) is 0. The molecule has 0 fully saturated rings. The Morgan fingerprint density at radius 3 is 1.27 bits per heavy atom. The molecule has 9 aromatic rings. The van der Waals surface area contributed by atoms with Crippen molar-refractivity contribution in [2.24, 2.45) is 0 Å². The SMILES string of the molecule is CC(Br)C(=O)c1ccc(OCc2ccccc2)cc1.Cc1c(-c2ccc(OCc3ccccc3)cc2)[nH]c2ccc(OCc3ccccc3)cc12.Cl.Nc1ccc(OCc2ccccc2)cc1. The Morgan fingerprint density at radius 2 is 0.866 bits per heavy atom. The van der Waals surface area contributed by atoms with Crippen molar-refractivity contribution in [1.29, 1.82) is 0 Å². The molecule has 340 valence electrons. The van der Waals surface area contributed by atoms with Gasteiger partial charge < -0.3 is 29.7 Å². The van der Waals surface area contributed by atoms with E-state index in [1.165, 1.54) is 10.9 Å². The number of anilines is 1. The van der Waals surface area contributed by atoms with Crippen LogP contribution in [0.5, 0.6) is 23.0 Å². The van der Waals surface area contributed by atoms with E-state index in [-0.39, 0.29) is 23.0 Å². The van der Waals surface area contributed by atoms with Crippen molar-refractivity contribution >= 4 is 50.7 Å². The van der Waals surface area contributed by atoms with Gasteiger partial charge >= 0.3 is 0 Å². The molecule has 0 bridgehead atoms. The van der Waals surface area contributed by atoms with Crippen molar-refractivity contribution in [3.8, 4) is 34.3 Å². The van der Waals surface area contributed by atoms with Crippen LogP contribution in [-0.2, 0) is 26.4 Å². The number of halogens is 2. The van der Waals surface area contributed by atoms with Crippen molar-refractivity contribution < 1.29 is 23.7 Å². The highest BCUT2D eigenvalue weighted by Gasteiger charge is 2.13. The van der Waals surface area contributed by atoms with Gasteiger partial charge in [-0.2, -0.15) is 0 Å². The average molecular weight is 974 g/mol. The summed E-state index contributed by atoms with van der Waals surface area (Å²) in [4.78, 5) is 15.1. The number of hydrogen-bond acceptors (Lipinski definition) is 6. The molecule has 0 amide bonds. The van der Waals surface area contributed by atoms with Crippen molar-refractivity contribution in [3.63, 3.8) is 0 Å². The normalized spacial score (nSPS) is 10.8. The maximum absolute atomic E-state index is 11.7. The fourth-order valence-corrected chi connectivity index (χ4v) is 7.14. The van der Waals surface area contributed by atoms with E-state index in [1.54, 1.807) is 12.1 Å². The predicted octanol–water partition coefficient (Wildman–Crippen LogP) is 14.8. The molecule has 1 aromatic heterocycles. The quantitative estimate of drug-likeness (QED) is 0.0604. The fourth-order valence-electron chi connectivity index (χ4n) is 6.87. The van der Waals surface area contributed by atoms with E-state index >= 15 is 0 Å². The summed E-state index contributed by atoms with van der Waals surface area (Å²) in [5.74, 6) is 3.42. The van der Waals surface area contributed by atoms with E-state index in [2.05, 4.69) is 76.4 Å². The Hall–Kier alpha value is -7.26. The minimum Gasteiger partial charge on any atom is -0.489 e. The number of nitrogens with two attached hydrogens (primary N) is 1. The maximum Gasteiger partial charge on any atom is 0.176 e. The molecule has 0 saturated heterocycles. The topological polar surface area (TPSA) is 95.8 Å². The van der Waals surface area contributed by atoms with Gasteiger partial charge in [0.2, 0.25) is 0 Å². The number of carbonyl (C=O) groups excluding carboxylic acids is 1. The molecule has 0 aliphatic rings. The average Bonchev–Trinajstić information content (AvgIpc) is 3.70. The molecule has 8 aromatic carbocycles. The molecule has 67 heavy (non-hydrogen) atoms. The predicted molar refractivity (Wildman–Crippen MR) is 279 cm³/mol. The van der Waals surface area contributed by atoms with Crippen LogP contribution in [0, 0.1) is 6.92 Å². The van der Waals surface area contributed by atoms with Crippen LogP contribution in [0.4, 0.5) is 5.69 Å². The molecule has 0 aliphatic heterocycles. The van der Waals surface area contributed by atoms with Gasteiger partial charge in [-0.05, 0) is 138 Å². The van der Waals surface area contributed by atoms with Crippen LogP contribution in [0.25, 0.3) is 22.2 Å². The van der Waals surface area contributed by atoms with Gasteiger partial charge in [0, 0.05) is 27.8 Å². The highest BCUT2D eigenvalue weighted by Crippen LogP contribution is 2.33. The molecule has 0 radical (unpaired) electrons. The number of Topliss-reactive ketones (excluding diaryl/α,β-unsaturated/α-hetero) is 1. The fraction of sp³-hybridized carbons (Fsp3) is 0.121. The van der Waals surface area contributed by atoms with Crippen LogP contribution in [0.2, 0.25) is 0 Å². The lowest BCUT2D eigenvalue weighted by Gasteiger charge is -2.07. The van der Waals surface area contributed by atoms with Gasteiger partial charge in [0.1, 0.15) is 49.4 Å². The van der Waals surface area contributed by atoms with E-state index in [4.69, 9.17) is 24.7 Å². The Kier molecular flexibility index (Phi) is 18.7. The van der Waals surface area contributed by atoms with Gasteiger partial charge in [0.05, 0.1) is 4.83 Å². The first-order valence-corrected chi connectivity index (χ1v) is 22.7. The first kappa shape index (κ1) is 49.2. The number of carbonyl (C=O) groups is 1. The first-order valence-electron chi connectivity index (χ1n) is 21.8. The largest absolute Gasteiger partial charge is 0.489 e. The number of aromatic amines is 1. The Bertz CT molecular complexity index is 2840. The van der Waals surface area contributed by atoms with Gasteiger partial charge in [-0.1, -0.05) is 137 Å². The van der Waals surface area contributed by atoms with Crippen molar-refractivity contribution in [2.75, 3.05) is 5.73 Å². The maximum atomic E-state index is 11.7. The summed E-state index contributed by atoms with van der Waals surface area (Å²) in [5.41, 5.74) is 16.2. The third-order valence-electron chi connectivity index (χ3n) is 10.5. The van der Waals surface area contributed by atoms with Gasteiger partial charge in [0.25, 0.3) is 0 Å². The molecule has 1 heterocycles.